The van der Waals surface area contributed by atoms with E-state index < -0.39 is 16.1 Å². The standard InChI is InChI=1S/C70H97N3O2S6Si2/c1-12-21-26-27-28-29-36-73-69(74)59-60(70(73)75)64(80-63(59)53-39-57-66(78-53)65-55(37-46(11)76-65)82(57,41-47(17-6)30-22-13-2)42-48(18-7)31-23-14-3)54-40-58-68(79-54)67-56(38-52(77-67)51-35-34-45(10)61-62(51)72-81-71-61)83(58,43-49(19-8)32-24-15-4)44-50(20-9)33-25-16-5/h34-35,37-40,47-50H,12-33,36,41-44H2,1-11H3. The summed E-state index contributed by atoms with van der Waals surface area (Å²) in [7, 11) is -4.72. The molecule has 0 spiro atoms. The fraction of sp³-hybridized carbons (Fsp3) is 0.600. The maximum atomic E-state index is 15.6. The molecule has 9 heterocycles. The average molecular weight is 1260 g/mol. The summed E-state index contributed by atoms with van der Waals surface area (Å²) in [5, 5.41) is 6.65. The molecule has 0 bridgehead atoms. The van der Waals surface area contributed by atoms with Gasteiger partial charge in [-0.2, -0.15) is 8.75 Å². The highest BCUT2D eigenvalue weighted by molar-refractivity contribution is 7.35. The number of aryl methyl sites for hydroxylation is 2. The maximum Gasteiger partial charge on any atom is 0.263 e. The van der Waals surface area contributed by atoms with Crippen LogP contribution in [-0.4, -0.2) is 48.2 Å². The number of rotatable bonds is 34. The first kappa shape index (κ1) is 63.1. The first-order chi connectivity index (χ1) is 40.4. The van der Waals surface area contributed by atoms with E-state index in [9.17, 15) is 0 Å². The number of unbranched alkanes of at least 4 members (excludes halogenated alkanes) is 9. The Morgan fingerprint density at radius 1 is 0.434 bits per heavy atom. The highest BCUT2D eigenvalue weighted by Crippen LogP contribution is 2.56. The molecule has 0 N–H and O–H groups in total. The van der Waals surface area contributed by atoms with Gasteiger partial charge in [0.1, 0.15) is 27.2 Å². The number of benzene rings is 1. The Bertz CT molecular complexity index is 3310. The second-order valence-electron chi connectivity index (χ2n) is 25.7. The summed E-state index contributed by atoms with van der Waals surface area (Å²) >= 11 is 11.1. The van der Waals surface area contributed by atoms with E-state index in [-0.39, 0.29) is 11.8 Å². The van der Waals surface area contributed by atoms with Crippen LogP contribution in [0.25, 0.3) is 60.5 Å². The lowest BCUT2D eigenvalue weighted by Gasteiger charge is -2.35. The molecule has 4 unspecified atom stereocenters. The molecule has 0 fully saturated rings. The van der Waals surface area contributed by atoms with Gasteiger partial charge in [-0.05, 0) is 119 Å². The number of hydrogen-bond donors (Lipinski definition) is 0. The fourth-order valence-electron chi connectivity index (χ4n) is 15.2. The SMILES string of the molecule is CCCCCCCCN1C(=O)c2c(-c3cc4c(s3)-c3sc(C)cc3[Si]4(CC(CC)CCCC)CC(CC)CCCC)sc(-c3cc4c(s3)-c3sc(-c5ccc(C)c6nsnc56)cc3[Si]4(CC(CC)CCCC)CC(CC)CCCC)c2C1=O. The van der Waals surface area contributed by atoms with Crippen LogP contribution in [0.1, 0.15) is 235 Å². The largest absolute Gasteiger partial charge is 0.274 e. The molecule has 10 rings (SSSR count). The lowest BCUT2D eigenvalue weighted by molar-refractivity contribution is 0.0651. The summed E-state index contributed by atoms with van der Waals surface area (Å²) in [6.07, 6.45) is 26.8. The molecule has 13 heteroatoms. The van der Waals surface area contributed by atoms with Crippen LogP contribution in [0, 0.1) is 37.5 Å². The van der Waals surface area contributed by atoms with Crippen LogP contribution >= 0.6 is 68.4 Å². The molecule has 7 aromatic rings. The average Bonchev–Trinajstić information content (AvgIpc) is 2.01. The summed E-state index contributed by atoms with van der Waals surface area (Å²) in [5.74, 6) is 2.60. The molecule has 1 aromatic carbocycles. The minimum absolute atomic E-state index is 0.0561. The predicted molar refractivity (Wildman–Crippen MR) is 375 cm³/mol. The molecule has 6 aromatic heterocycles. The van der Waals surface area contributed by atoms with E-state index in [1.165, 1.54) is 208 Å². The van der Waals surface area contributed by atoms with Crippen LogP contribution < -0.4 is 20.7 Å². The number of amides is 2. The molecule has 3 aliphatic heterocycles. The highest BCUT2D eigenvalue weighted by Gasteiger charge is 2.53. The van der Waals surface area contributed by atoms with Gasteiger partial charge in [-0.3, -0.25) is 14.5 Å². The van der Waals surface area contributed by atoms with Crippen LogP contribution in [0.2, 0.25) is 24.2 Å². The third-order valence-corrected chi connectivity index (χ3v) is 38.6. The Morgan fingerprint density at radius 3 is 1.29 bits per heavy atom. The zero-order valence-corrected chi connectivity index (χ0v) is 59.4. The summed E-state index contributed by atoms with van der Waals surface area (Å²) < 4.78 is 9.76. The summed E-state index contributed by atoms with van der Waals surface area (Å²) in [6, 6.07) is 20.3. The monoisotopic (exact) mass is 1260 g/mol. The number of aromatic nitrogens is 2. The van der Waals surface area contributed by atoms with Gasteiger partial charge in [0, 0.05) is 51.1 Å². The zero-order valence-electron chi connectivity index (χ0n) is 52.5. The van der Waals surface area contributed by atoms with E-state index in [1.807, 2.05) is 45.3 Å². The fourth-order valence-corrected chi connectivity index (χ4v) is 38.1. The van der Waals surface area contributed by atoms with Gasteiger partial charge in [0.05, 0.1) is 32.6 Å². The van der Waals surface area contributed by atoms with Crippen LogP contribution in [0.4, 0.5) is 0 Å². The van der Waals surface area contributed by atoms with Gasteiger partial charge in [0.25, 0.3) is 11.8 Å². The molecule has 4 atom stereocenters. The molecule has 0 aliphatic carbocycles. The molecule has 0 saturated heterocycles. The van der Waals surface area contributed by atoms with Crippen molar-refractivity contribution in [3.8, 4) is 49.5 Å². The van der Waals surface area contributed by atoms with Crippen molar-refractivity contribution < 1.29 is 9.59 Å². The van der Waals surface area contributed by atoms with Crippen molar-refractivity contribution in [1.29, 1.82) is 0 Å². The first-order valence-electron chi connectivity index (χ1n) is 33.2. The minimum Gasteiger partial charge on any atom is -0.274 e. The number of nitrogens with zero attached hydrogens (tertiary/aromatic N) is 3. The number of hydrogen-bond acceptors (Lipinski definition) is 10. The number of fused-ring (bicyclic) bond motifs is 8. The number of carbonyl (C=O) groups excluding carboxylic acids is 2. The molecular formula is C70H97N3O2S6Si2. The van der Waals surface area contributed by atoms with Gasteiger partial charge in [0.15, 0.2) is 0 Å². The molecule has 0 saturated carbocycles. The molecule has 0 radical (unpaired) electrons. The van der Waals surface area contributed by atoms with E-state index in [4.69, 9.17) is 8.75 Å². The Balaban J connectivity index is 1.17. The van der Waals surface area contributed by atoms with E-state index in [0.29, 0.717) is 41.3 Å². The van der Waals surface area contributed by atoms with Crippen molar-refractivity contribution in [3.63, 3.8) is 0 Å². The Morgan fingerprint density at radius 2 is 0.831 bits per heavy atom. The van der Waals surface area contributed by atoms with Gasteiger partial charge in [0.2, 0.25) is 0 Å². The van der Waals surface area contributed by atoms with Crippen LogP contribution in [-0.2, 0) is 0 Å². The molecule has 83 heavy (non-hydrogen) atoms. The quantitative estimate of drug-likeness (QED) is 0.0229. The van der Waals surface area contributed by atoms with Crippen molar-refractivity contribution >= 4 is 128 Å². The third-order valence-electron chi connectivity index (χ3n) is 20.1. The Kier molecular flexibility index (Phi) is 21.4. The zero-order chi connectivity index (χ0) is 58.6. The van der Waals surface area contributed by atoms with Crippen LogP contribution in [0.3, 0.4) is 0 Å². The summed E-state index contributed by atoms with van der Waals surface area (Å²) in [4.78, 5) is 46.0. The van der Waals surface area contributed by atoms with Crippen LogP contribution in [0.5, 0.6) is 0 Å². The smallest absolute Gasteiger partial charge is 0.263 e. The second-order valence-corrected chi connectivity index (χ2v) is 39.8. The lowest BCUT2D eigenvalue weighted by Crippen LogP contribution is -2.56. The van der Waals surface area contributed by atoms with Crippen molar-refractivity contribution in [3.05, 3.63) is 58.0 Å². The highest BCUT2D eigenvalue weighted by atomic mass is 32.1. The number of thiophene rings is 5. The van der Waals surface area contributed by atoms with Gasteiger partial charge < -0.3 is 0 Å². The number of imide groups is 1. The Labute approximate surface area is 526 Å². The predicted octanol–water partition coefficient (Wildman–Crippen LogP) is 21.5. The lowest BCUT2D eigenvalue weighted by atomic mass is 10.0. The maximum absolute atomic E-state index is 15.6. The molecule has 2 amide bonds. The van der Waals surface area contributed by atoms with Crippen molar-refractivity contribution in [1.82, 2.24) is 13.6 Å². The third kappa shape index (κ3) is 12.2. The first-order valence-corrected chi connectivity index (χ1v) is 42.8. The summed E-state index contributed by atoms with van der Waals surface area (Å²) in [6.45, 7) is 26.5. The van der Waals surface area contributed by atoms with Crippen molar-refractivity contribution in [2.75, 3.05) is 6.54 Å². The molecule has 5 nitrogen and oxygen atoms in total. The van der Waals surface area contributed by atoms with Gasteiger partial charge in [-0.1, -0.05) is 209 Å². The van der Waals surface area contributed by atoms with Crippen LogP contribution in [0.15, 0.2) is 36.4 Å². The second kappa shape index (κ2) is 28.1. The molecule has 3 aliphatic rings. The van der Waals surface area contributed by atoms with Gasteiger partial charge >= 0.3 is 0 Å². The normalized spacial score (nSPS) is 18.6. The van der Waals surface area contributed by atoms with E-state index >= 15 is 9.59 Å². The van der Waals surface area contributed by atoms with Gasteiger partial charge in [-0.15, -0.1) is 56.7 Å². The topological polar surface area (TPSA) is 63.2 Å². The molecule has 448 valence electrons. The van der Waals surface area contributed by atoms with E-state index in [0.717, 1.165) is 40.1 Å². The summed E-state index contributed by atoms with van der Waals surface area (Å²) in [5.41, 5.74) is 5.84. The Hall–Kier alpha value is -2.89. The number of carbonyl (C=O) groups is 2. The van der Waals surface area contributed by atoms with Gasteiger partial charge in [-0.25, -0.2) is 0 Å². The van der Waals surface area contributed by atoms with Crippen molar-refractivity contribution in [2.45, 2.75) is 242 Å². The van der Waals surface area contributed by atoms with Crippen molar-refractivity contribution in [2.24, 2.45) is 23.7 Å². The minimum atomic E-state index is -2.45. The van der Waals surface area contributed by atoms with E-state index in [2.05, 4.69) is 113 Å². The molecular weight excluding hydrogens is 1160 g/mol. The van der Waals surface area contributed by atoms with E-state index in [1.54, 1.807) is 37.0 Å².